The van der Waals surface area contributed by atoms with Gasteiger partial charge >= 0.3 is 0 Å². The largest absolute Gasteiger partial charge is 0.393 e. The van der Waals surface area contributed by atoms with E-state index in [0.29, 0.717) is 10.6 Å². The second-order valence-corrected chi connectivity index (χ2v) is 6.83. The summed E-state index contributed by atoms with van der Waals surface area (Å²) in [5, 5.41) is 20.8. The molecule has 1 aromatic heterocycles. The van der Waals surface area contributed by atoms with Gasteiger partial charge in [0.05, 0.1) is 6.61 Å². The molecule has 124 valence electrons. The van der Waals surface area contributed by atoms with Crippen LogP contribution in [0.15, 0.2) is 36.4 Å². The van der Waals surface area contributed by atoms with Gasteiger partial charge in [-0.1, -0.05) is 17.7 Å². The Kier molecular flexibility index (Phi) is 3.85. The molecular formula is C19H19ClN2O2. The summed E-state index contributed by atoms with van der Waals surface area (Å²) in [7, 11) is 0. The number of hydrogen-bond acceptors (Lipinski definition) is 3. The summed E-state index contributed by atoms with van der Waals surface area (Å²) >= 11 is 6.19. The molecule has 1 heterocycles. The molecule has 1 aliphatic carbocycles. The molecule has 4 rings (SSSR count). The maximum Gasteiger partial charge on any atom is 0.102 e. The summed E-state index contributed by atoms with van der Waals surface area (Å²) < 4.78 is 0. The Hall–Kier alpha value is -1.85. The first-order chi connectivity index (χ1) is 11.6. The van der Waals surface area contributed by atoms with Gasteiger partial charge in [-0.2, -0.15) is 0 Å². The van der Waals surface area contributed by atoms with Crippen molar-refractivity contribution in [3.05, 3.63) is 58.1 Å². The van der Waals surface area contributed by atoms with Crippen LogP contribution in [-0.4, -0.2) is 21.8 Å². The number of aromatic amines is 1. The third-order valence-corrected chi connectivity index (χ3v) is 5.06. The lowest BCUT2D eigenvalue weighted by Gasteiger charge is -2.10. The van der Waals surface area contributed by atoms with E-state index in [1.54, 1.807) is 6.07 Å². The maximum atomic E-state index is 9.89. The van der Waals surface area contributed by atoms with E-state index < -0.39 is 6.10 Å². The molecule has 5 heteroatoms. The number of halogens is 1. The summed E-state index contributed by atoms with van der Waals surface area (Å²) in [5.41, 5.74) is 12.2. The average Bonchev–Trinajstić information content (AvgIpc) is 3.17. The van der Waals surface area contributed by atoms with Crippen LogP contribution in [-0.2, 0) is 6.42 Å². The number of nitrogens with two attached hydrogens (primary N) is 1. The lowest BCUT2D eigenvalue weighted by atomic mass is 10.0. The molecular weight excluding hydrogens is 324 g/mol. The first-order valence-corrected chi connectivity index (χ1v) is 8.44. The molecule has 24 heavy (non-hydrogen) atoms. The summed E-state index contributed by atoms with van der Waals surface area (Å²) in [4.78, 5) is 3.42. The molecule has 0 bridgehead atoms. The van der Waals surface area contributed by atoms with E-state index in [0.717, 1.165) is 29.6 Å². The van der Waals surface area contributed by atoms with Crippen LogP contribution in [0.25, 0.3) is 22.2 Å². The normalized spacial score (nSPS) is 18.1. The van der Waals surface area contributed by atoms with Gasteiger partial charge in [0.25, 0.3) is 0 Å². The van der Waals surface area contributed by atoms with Crippen molar-refractivity contribution in [2.24, 2.45) is 5.73 Å². The van der Waals surface area contributed by atoms with Crippen molar-refractivity contribution in [1.29, 1.82) is 0 Å². The van der Waals surface area contributed by atoms with Gasteiger partial charge in [-0.25, -0.2) is 0 Å². The number of aliphatic hydroxyl groups is 2. The number of H-pyrrole nitrogens is 1. The van der Waals surface area contributed by atoms with Crippen molar-refractivity contribution in [2.45, 2.75) is 25.0 Å². The van der Waals surface area contributed by atoms with Crippen molar-refractivity contribution >= 4 is 22.5 Å². The zero-order valence-electron chi connectivity index (χ0n) is 13.1. The van der Waals surface area contributed by atoms with Gasteiger partial charge in [0.2, 0.25) is 0 Å². The number of nitrogens with one attached hydrogen (secondary N) is 1. The fourth-order valence-corrected chi connectivity index (χ4v) is 3.83. The van der Waals surface area contributed by atoms with Crippen LogP contribution in [0.4, 0.5) is 0 Å². The highest BCUT2D eigenvalue weighted by molar-refractivity contribution is 6.31. The van der Waals surface area contributed by atoms with Gasteiger partial charge in [0.15, 0.2) is 0 Å². The molecule has 3 aromatic rings. The van der Waals surface area contributed by atoms with E-state index in [1.165, 1.54) is 16.5 Å². The zero-order valence-corrected chi connectivity index (χ0v) is 13.8. The Bertz CT molecular complexity index is 919. The first-order valence-electron chi connectivity index (χ1n) is 8.06. The number of aliphatic hydroxyl groups excluding tert-OH is 2. The Morgan fingerprint density at radius 2 is 2.08 bits per heavy atom. The molecule has 1 aliphatic rings. The van der Waals surface area contributed by atoms with Crippen LogP contribution in [0.3, 0.4) is 0 Å². The van der Waals surface area contributed by atoms with Gasteiger partial charge in [-0.3, -0.25) is 0 Å². The van der Waals surface area contributed by atoms with Crippen molar-refractivity contribution in [2.75, 3.05) is 6.61 Å². The van der Waals surface area contributed by atoms with Crippen molar-refractivity contribution in [3.8, 4) is 11.3 Å². The lowest BCUT2D eigenvalue weighted by Crippen LogP contribution is -2.04. The van der Waals surface area contributed by atoms with Crippen LogP contribution >= 0.6 is 11.6 Å². The maximum absolute atomic E-state index is 9.89. The minimum Gasteiger partial charge on any atom is -0.393 e. The van der Waals surface area contributed by atoms with Crippen molar-refractivity contribution < 1.29 is 10.2 Å². The fourth-order valence-electron chi connectivity index (χ4n) is 3.58. The summed E-state index contributed by atoms with van der Waals surface area (Å²) in [6.45, 7) is -0.335. The van der Waals surface area contributed by atoms with E-state index in [4.69, 9.17) is 17.3 Å². The lowest BCUT2D eigenvalue weighted by molar-refractivity contribution is 0.0956. The van der Waals surface area contributed by atoms with Crippen LogP contribution in [0.5, 0.6) is 0 Å². The Morgan fingerprint density at radius 1 is 1.25 bits per heavy atom. The molecule has 0 fully saturated rings. The molecule has 5 N–H and O–H groups in total. The second kappa shape index (κ2) is 5.90. The Labute approximate surface area is 144 Å². The van der Waals surface area contributed by atoms with Gasteiger partial charge in [-0.15, -0.1) is 0 Å². The number of benzene rings is 2. The smallest absolute Gasteiger partial charge is 0.102 e. The number of hydrogen-bond donors (Lipinski definition) is 4. The number of fused-ring (bicyclic) bond motifs is 3. The molecule has 0 saturated heterocycles. The standard InChI is InChI=1S/C19H19ClN2O2/c20-12-6-10(5-11(7-12)19(24)9-23)18-8-15-13-1-3-16(21)14(13)2-4-17(15)22-18/h2,4-8,16,19,22-24H,1,3,9,21H2/t16-,19+/m1/s1. The van der Waals surface area contributed by atoms with Crippen molar-refractivity contribution in [3.63, 3.8) is 0 Å². The van der Waals surface area contributed by atoms with Gasteiger partial charge in [0.1, 0.15) is 6.10 Å². The quantitative estimate of drug-likeness (QED) is 0.588. The monoisotopic (exact) mass is 342 g/mol. The van der Waals surface area contributed by atoms with Gasteiger partial charge < -0.3 is 20.9 Å². The van der Waals surface area contributed by atoms with E-state index in [2.05, 4.69) is 23.2 Å². The van der Waals surface area contributed by atoms with Crippen molar-refractivity contribution in [1.82, 2.24) is 4.98 Å². The van der Waals surface area contributed by atoms with Crippen LogP contribution < -0.4 is 5.73 Å². The predicted octanol–water partition coefficient (Wildman–Crippen LogP) is 3.46. The number of rotatable bonds is 3. The molecule has 2 atom stereocenters. The fraction of sp³-hybridized carbons (Fsp3) is 0.263. The van der Waals surface area contributed by atoms with Crippen LogP contribution in [0.2, 0.25) is 5.02 Å². The molecule has 0 spiro atoms. The summed E-state index contributed by atoms with van der Waals surface area (Å²) in [6.07, 6.45) is 1.04. The highest BCUT2D eigenvalue weighted by atomic mass is 35.5. The van der Waals surface area contributed by atoms with Crippen LogP contribution in [0.1, 0.15) is 35.3 Å². The minimum atomic E-state index is -0.936. The predicted molar refractivity (Wildman–Crippen MR) is 96.0 cm³/mol. The topological polar surface area (TPSA) is 82.3 Å². The summed E-state index contributed by atoms with van der Waals surface area (Å²) in [5.74, 6) is 0. The highest BCUT2D eigenvalue weighted by Gasteiger charge is 2.22. The molecule has 0 amide bonds. The van der Waals surface area contributed by atoms with Gasteiger partial charge in [0, 0.05) is 27.7 Å². The molecule has 0 saturated carbocycles. The molecule has 0 aliphatic heterocycles. The van der Waals surface area contributed by atoms with E-state index in [1.807, 2.05) is 12.1 Å². The average molecular weight is 343 g/mol. The second-order valence-electron chi connectivity index (χ2n) is 6.39. The number of aromatic nitrogens is 1. The van der Waals surface area contributed by atoms with Gasteiger partial charge in [-0.05, 0) is 65.4 Å². The van der Waals surface area contributed by atoms with E-state index in [-0.39, 0.29) is 12.6 Å². The molecule has 0 radical (unpaired) electrons. The zero-order chi connectivity index (χ0) is 16.8. The Balaban J connectivity index is 1.84. The third-order valence-electron chi connectivity index (χ3n) is 4.84. The SMILES string of the molecule is N[C@@H]1CCc2c1ccc1[nH]c(-c3cc(Cl)cc([C@@H](O)CO)c3)cc21. The summed E-state index contributed by atoms with van der Waals surface area (Å²) in [6, 6.07) is 11.8. The Morgan fingerprint density at radius 3 is 2.88 bits per heavy atom. The molecule has 0 unspecified atom stereocenters. The van der Waals surface area contributed by atoms with E-state index in [9.17, 15) is 10.2 Å². The van der Waals surface area contributed by atoms with E-state index >= 15 is 0 Å². The minimum absolute atomic E-state index is 0.125. The molecule has 2 aromatic carbocycles. The number of aryl methyl sites for hydroxylation is 1. The van der Waals surface area contributed by atoms with Crippen LogP contribution in [0, 0.1) is 0 Å². The first kappa shape index (κ1) is 15.7. The third kappa shape index (κ3) is 2.52. The highest BCUT2D eigenvalue weighted by Crippen LogP contribution is 2.37. The molecule has 4 nitrogen and oxygen atoms in total.